The van der Waals surface area contributed by atoms with Crippen LogP contribution in [0.25, 0.3) is 0 Å². The molecule has 2 aromatic rings. The fourth-order valence-electron chi connectivity index (χ4n) is 2.80. The summed E-state index contributed by atoms with van der Waals surface area (Å²) >= 11 is 0. The SMILES string of the molecule is CC(=O)Nc1cccc(C(=O)OCC(=O)c2c(N)n(CC(C)C)c(=O)n(C)c2=O)c1. The van der Waals surface area contributed by atoms with Crippen molar-refractivity contribution in [3.05, 3.63) is 56.2 Å². The fraction of sp³-hybridized carbons (Fsp3) is 0.350. The zero-order chi connectivity index (χ0) is 22.6. The number of carbonyl (C=O) groups is 3. The summed E-state index contributed by atoms with van der Waals surface area (Å²) in [6.07, 6.45) is 0. The highest BCUT2D eigenvalue weighted by atomic mass is 16.5. The first-order chi connectivity index (χ1) is 14.0. The fourth-order valence-corrected chi connectivity index (χ4v) is 2.80. The van der Waals surface area contributed by atoms with Crippen LogP contribution in [0.1, 0.15) is 41.5 Å². The van der Waals surface area contributed by atoms with Crippen LogP contribution in [0.3, 0.4) is 0 Å². The van der Waals surface area contributed by atoms with Crippen molar-refractivity contribution in [3.8, 4) is 0 Å². The Hall–Kier alpha value is -3.69. The van der Waals surface area contributed by atoms with Crippen molar-refractivity contribution in [2.24, 2.45) is 13.0 Å². The van der Waals surface area contributed by atoms with Crippen molar-refractivity contribution in [1.82, 2.24) is 9.13 Å². The van der Waals surface area contributed by atoms with Gasteiger partial charge in [0.05, 0.1) is 5.56 Å². The number of nitrogens with one attached hydrogen (secondary N) is 1. The van der Waals surface area contributed by atoms with Crippen molar-refractivity contribution in [1.29, 1.82) is 0 Å². The molecule has 0 saturated heterocycles. The predicted molar refractivity (Wildman–Crippen MR) is 111 cm³/mol. The first-order valence-electron chi connectivity index (χ1n) is 9.20. The topological polar surface area (TPSA) is 142 Å². The second kappa shape index (κ2) is 9.21. The Labute approximate surface area is 172 Å². The predicted octanol–water partition coefficient (Wildman–Crippen LogP) is 0.783. The number of carbonyl (C=O) groups excluding carboxylic acids is 3. The minimum atomic E-state index is -0.855. The van der Waals surface area contributed by atoms with E-state index in [4.69, 9.17) is 10.5 Å². The largest absolute Gasteiger partial charge is 0.454 e. The lowest BCUT2D eigenvalue weighted by Gasteiger charge is -2.16. The second-order valence-corrected chi connectivity index (χ2v) is 7.17. The lowest BCUT2D eigenvalue weighted by Crippen LogP contribution is -2.43. The zero-order valence-corrected chi connectivity index (χ0v) is 17.2. The maximum Gasteiger partial charge on any atom is 0.338 e. The van der Waals surface area contributed by atoms with E-state index in [1.165, 1.54) is 26.1 Å². The van der Waals surface area contributed by atoms with E-state index >= 15 is 0 Å². The van der Waals surface area contributed by atoms with Gasteiger partial charge >= 0.3 is 11.7 Å². The van der Waals surface area contributed by atoms with Crippen LogP contribution in [0.2, 0.25) is 0 Å². The number of nitrogen functional groups attached to an aromatic ring is 1. The number of ketones is 1. The monoisotopic (exact) mass is 416 g/mol. The highest BCUT2D eigenvalue weighted by molar-refractivity contribution is 6.02. The smallest absolute Gasteiger partial charge is 0.338 e. The first kappa shape index (κ1) is 22.6. The number of hydrogen-bond donors (Lipinski definition) is 2. The molecule has 1 amide bonds. The Morgan fingerprint density at radius 1 is 1.20 bits per heavy atom. The molecule has 10 nitrogen and oxygen atoms in total. The Morgan fingerprint density at radius 3 is 2.47 bits per heavy atom. The Balaban J connectivity index is 2.26. The first-order valence-corrected chi connectivity index (χ1v) is 9.20. The van der Waals surface area contributed by atoms with E-state index in [0.717, 1.165) is 9.13 Å². The summed E-state index contributed by atoms with van der Waals surface area (Å²) in [5, 5.41) is 2.53. The molecule has 0 aliphatic heterocycles. The number of hydrogen-bond acceptors (Lipinski definition) is 7. The van der Waals surface area contributed by atoms with Gasteiger partial charge in [0, 0.05) is 26.2 Å². The number of nitrogens with zero attached hydrogens (tertiary/aromatic N) is 2. The van der Waals surface area contributed by atoms with Crippen LogP contribution in [-0.2, 0) is 23.1 Å². The number of aromatic nitrogens is 2. The summed E-state index contributed by atoms with van der Waals surface area (Å²) in [5.74, 6) is -2.17. The van der Waals surface area contributed by atoms with Crippen LogP contribution in [0, 0.1) is 5.92 Å². The number of rotatable bonds is 7. The Morgan fingerprint density at radius 2 is 1.87 bits per heavy atom. The van der Waals surface area contributed by atoms with Gasteiger partial charge in [-0.1, -0.05) is 19.9 Å². The molecule has 1 heterocycles. The van der Waals surface area contributed by atoms with E-state index in [1.54, 1.807) is 12.1 Å². The van der Waals surface area contributed by atoms with Crippen molar-refractivity contribution in [3.63, 3.8) is 0 Å². The molecule has 1 aromatic heterocycles. The minimum absolute atomic E-state index is 0.0409. The third kappa shape index (κ3) is 5.02. The number of benzene rings is 1. The molecule has 0 aliphatic carbocycles. The standard InChI is InChI=1S/C20H24N4O6/c1-11(2)9-24-17(21)16(18(27)23(4)20(24)29)15(26)10-30-19(28)13-6-5-7-14(8-13)22-12(3)25/h5-8,11H,9-10,21H2,1-4H3,(H,22,25). The highest BCUT2D eigenvalue weighted by Crippen LogP contribution is 2.13. The molecule has 10 heteroatoms. The summed E-state index contributed by atoms with van der Waals surface area (Å²) < 4.78 is 6.96. The molecule has 0 atom stereocenters. The number of Topliss-reactive ketones (excluding diaryl/α,β-unsaturated/α-hetero) is 1. The lowest BCUT2D eigenvalue weighted by molar-refractivity contribution is -0.114. The normalized spacial score (nSPS) is 10.7. The van der Waals surface area contributed by atoms with Crippen LogP contribution in [-0.4, -0.2) is 33.4 Å². The molecule has 30 heavy (non-hydrogen) atoms. The maximum atomic E-state index is 12.6. The average molecular weight is 416 g/mol. The number of ether oxygens (including phenoxy) is 1. The van der Waals surface area contributed by atoms with Gasteiger partial charge in [-0.05, 0) is 24.1 Å². The number of nitrogens with two attached hydrogens (primary N) is 1. The van der Waals surface area contributed by atoms with Gasteiger partial charge in [0.25, 0.3) is 5.56 Å². The lowest BCUT2D eigenvalue weighted by atomic mass is 10.1. The third-order valence-corrected chi connectivity index (χ3v) is 4.16. The molecule has 160 valence electrons. The van der Waals surface area contributed by atoms with Gasteiger partial charge in [0.1, 0.15) is 11.4 Å². The van der Waals surface area contributed by atoms with E-state index in [9.17, 15) is 24.0 Å². The summed E-state index contributed by atoms with van der Waals surface area (Å²) in [6.45, 7) is 4.52. The van der Waals surface area contributed by atoms with E-state index in [-0.39, 0.29) is 29.8 Å². The zero-order valence-electron chi connectivity index (χ0n) is 17.2. The number of anilines is 2. The highest BCUT2D eigenvalue weighted by Gasteiger charge is 2.23. The van der Waals surface area contributed by atoms with E-state index < -0.39 is 35.2 Å². The van der Waals surface area contributed by atoms with Crippen LogP contribution < -0.4 is 22.3 Å². The summed E-state index contributed by atoms with van der Waals surface area (Å²) in [5.41, 5.74) is 4.55. The van der Waals surface area contributed by atoms with Gasteiger partial charge < -0.3 is 15.8 Å². The molecular weight excluding hydrogens is 392 g/mol. The van der Waals surface area contributed by atoms with Gasteiger partial charge in [0.15, 0.2) is 6.61 Å². The quantitative estimate of drug-likeness (QED) is 0.502. The van der Waals surface area contributed by atoms with Crippen LogP contribution >= 0.6 is 0 Å². The summed E-state index contributed by atoms with van der Waals surface area (Å²) in [7, 11) is 1.25. The van der Waals surface area contributed by atoms with Gasteiger partial charge in [-0.25, -0.2) is 9.59 Å². The molecule has 0 radical (unpaired) electrons. The third-order valence-electron chi connectivity index (χ3n) is 4.16. The molecule has 0 spiro atoms. The van der Waals surface area contributed by atoms with Crippen LogP contribution in [0.4, 0.5) is 11.5 Å². The molecule has 0 bridgehead atoms. The Bertz CT molecular complexity index is 1110. The van der Waals surface area contributed by atoms with Crippen molar-refractivity contribution >= 4 is 29.2 Å². The van der Waals surface area contributed by atoms with E-state index in [0.29, 0.717) is 5.69 Å². The van der Waals surface area contributed by atoms with Gasteiger partial charge in [-0.2, -0.15) is 0 Å². The van der Waals surface area contributed by atoms with E-state index in [1.807, 2.05) is 13.8 Å². The number of esters is 1. The van der Waals surface area contributed by atoms with Crippen molar-refractivity contribution in [2.75, 3.05) is 17.7 Å². The molecule has 0 unspecified atom stereocenters. The molecule has 2 rings (SSSR count). The van der Waals surface area contributed by atoms with Crippen molar-refractivity contribution in [2.45, 2.75) is 27.3 Å². The molecule has 0 saturated carbocycles. The molecular formula is C20H24N4O6. The van der Waals surface area contributed by atoms with Gasteiger partial charge in [-0.15, -0.1) is 0 Å². The average Bonchev–Trinajstić information content (AvgIpc) is 2.67. The second-order valence-electron chi connectivity index (χ2n) is 7.17. The van der Waals surface area contributed by atoms with Gasteiger partial charge in [0.2, 0.25) is 11.7 Å². The molecule has 1 aromatic carbocycles. The Kier molecular flexibility index (Phi) is 6.93. The molecule has 3 N–H and O–H groups in total. The van der Waals surface area contributed by atoms with Crippen LogP contribution in [0.15, 0.2) is 33.9 Å². The van der Waals surface area contributed by atoms with Crippen LogP contribution in [0.5, 0.6) is 0 Å². The number of amides is 1. The minimum Gasteiger partial charge on any atom is -0.454 e. The van der Waals surface area contributed by atoms with Gasteiger partial charge in [-0.3, -0.25) is 23.5 Å². The summed E-state index contributed by atoms with van der Waals surface area (Å²) in [4.78, 5) is 60.7. The molecule has 0 fully saturated rings. The maximum absolute atomic E-state index is 12.6. The van der Waals surface area contributed by atoms with Crippen molar-refractivity contribution < 1.29 is 19.1 Å². The summed E-state index contributed by atoms with van der Waals surface area (Å²) in [6, 6.07) is 5.98. The van der Waals surface area contributed by atoms with E-state index in [2.05, 4.69) is 5.32 Å². The molecule has 0 aliphatic rings.